The summed E-state index contributed by atoms with van der Waals surface area (Å²) < 4.78 is 10.7. The summed E-state index contributed by atoms with van der Waals surface area (Å²) >= 11 is 7.38. The quantitative estimate of drug-likeness (QED) is 0.398. The maximum Gasteiger partial charge on any atom is 0.337 e. The van der Waals surface area contributed by atoms with Gasteiger partial charge < -0.3 is 9.15 Å². The van der Waals surface area contributed by atoms with Crippen LogP contribution in [0.2, 0.25) is 5.02 Å². The number of nitrogens with zero attached hydrogens (tertiary/aromatic N) is 3. The van der Waals surface area contributed by atoms with Crippen molar-refractivity contribution in [3.8, 4) is 0 Å². The van der Waals surface area contributed by atoms with Gasteiger partial charge in [0.25, 0.3) is 5.91 Å². The molecule has 0 N–H and O–H groups in total. The zero-order chi connectivity index (χ0) is 23.3. The number of amides is 1. The van der Waals surface area contributed by atoms with Gasteiger partial charge in [-0.3, -0.25) is 14.5 Å². The van der Waals surface area contributed by atoms with E-state index in [1.807, 2.05) is 6.92 Å². The third-order valence-corrected chi connectivity index (χ3v) is 6.75. The smallest absolute Gasteiger partial charge is 0.337 e. The molecule has 166 valence electrons. The van der Waals surface area contributed by atoms with Crippen LogP contribution in [0.4, 0.5) is 5.13 Å². The second-order valence-corrected chi connectivity index (χ2v) is 8.81. The maximum absolute atomic E-state index is 13.6. The van der Waals surface area contributed by atoms with Crippen molar-refractivity contribution in [1.82, 2.24) is 10.2 Å². The van der Waals surface area contributed by atoms with Crippen molar-refractivity contribution in [2.45, 2.75) is 19.4 Å². The molecule has 0 saturated carbocycles. The Morgan fingerprint density at radius 2 is 1.94 bits per heavy atom. The number of hydrogen-bond donors (Lipinski definition) is 0. The van der Waals surface area contributed by atoms with E-state index < -0.39 is 17.9 Å². The summed E-state index contributed by atoms with van der Waals surface area (Å²) in [6.07, 6.45) is 0.657. The van der Waals surface area contributed by atoms with Gasteiger partial charge in [0.05, 0.1) is 29.7 Å². The first kappa shape index (κ1) is 21.3. The minimum atomic E-state index is -0.809. The predicted molar refractivity (Wildman–Crippen MR) is 123 cm³/mol. The summed E-state index contributed by atoms with van der Waals surface area (Å²) in [6.45, 7) is 1.94. The summed E-state index contributed by atoms with van der Waals surface area (Å²) in [5.41, 5.74) is 1.06. The van der Waals surface area contributed by atoms with Crippen molar-refractivity contribution in [3.05, 3.63) is 85.2 Å². The summed E-state index contributed by atoms with van der Waals surface area (Å²) in [6, 6.07) is 10.4. The van der Waals surface area contributed by atoms with E-state index >= 15 is 0 Å². The molecular formula is C23H16ClN3O5S. The number of fused-ring (bicyclic) bond motifs is 2. The first-order chi connectivity index (χ1) is 15.9. The van der Waals surface area contributed by atoms with Crippen LogP contribution in [0.15, 0.2) is 51.7 Å². The van der Waals surface area contributed by atoms with Crippen LogP contribution < -0.4 is 10.3 Å². The summed E-state index contributed by atoms with van der Waals surface area (Å²) in [5.74, 6) is -1.02. The van der Waals surface area contributed by atoms with Gasteiger partial charge >= 0.3 is 5.97 Å². The molecule has 0 spiro atoms. The minimum absolute atomic E-state index is 0.0508. The number of carbonyl (C=O) groups excluding carboxylic acids is 2. The van der Waals surface area contributed by atoms with Gasteiger partial charge in [0.15, 0.2) is 5.43 Å². The number of esters is 1. The fourth-order valence-corrected chi connectivity index (χ4v) is 4.84. The van der Waals surface area contributed by atoms with Crippen molar-refractivity contribution in [2.75, 3.05) is 12.0 Å². The third kappa shape index (κ3) is 3.40. The monoisotopic (exact) mass is 481 g/mol. The highest BCUT2D eigenvalue weighted by atomic mass is 35.5. The molecule has 33 heavy (non-hydrogen) atoms. The van der Waals surface area contributed by atoms with Crippen LogP contribution in [0, 0.1) is 0 Å². The molecular weight excluding hydrogens is 466 g/mol. The van der Waals surface area contributed by atoms with E-state index in [1.165, 1.54) is 29.4 Å². The second-order valence-electron chi connectivity index (χ2n) is 7.34. The lowest BCUT2D eigenvalue weighted by atomic mass is 9.98. The fraction of sp³-hybridized carbons (Fsp3) is 0.174. The molecule has 5 rings (SSSR count). The molecule has 0 bridgehead atoms. The molecule has 0 aliphatic carbocycles. The fourth-order valence-electron chi connectivity index (χ4n) is 3.86. The molecule has 4 aromatic rings. The lowest BCUT2D eigenvalue weighted by Crippen LogP contribution is -2.29. The number of aromatic nitrogens is 2. The van der Waals surface area contributed by atoms with Gasteiger partial charge in [0.1, 0.15) is 10.6 Å². The van der Waals surface area contributed by atoms with E-state index in [0.29, 0.717) is 27.7 Å². The van der Waals surface area contributed by atoms with Crippen LogP contribution in [0.5, 0.6) is 0 Å². The molecule has 1 aliphatic rings. The number of halogens is 1. The van der Waals surface area contributed by atoms with Crippen LogP contribution in [0.3, 0.4) is 0 Å². The molecule has 1 atom stereocenters. The highest BCUT2D eigenvalue weighted by Crippen LogP contribution is 2.42. The SMILES string of the molecule is CCc1nnc(N2C(=O)c3oc4ccc(Cl)cc4c(=O)c3C2c2ccc(C(=O)OC)cc2)s1. The van der Waals surface area contributed by atoms with Crippen molar-refractivity contribution in [1.29, 1.82) is 0 Å². The normalized spacial score (nSPS) is 15.2. The van der Waals surface area contributed by atoms with Gasteiger partial charge in [-0.25, -0.2) is 4.79 Å². The lowest BCUT2D eigenvalue weighted by Gasteiger charge is -2.22. The average Bonchev–Trinajstić information content (AvgIpc) is 3.42. The van der Waals surface area contributed by atoms with E-state index in [1.54, 1.807) is 36.4 Å². The maximum atomic E-state index is 13.6. The number of methoxy groups -OCH3 is 1. The number of hydrogen-bond acceptors (Lipinski definition) is 8. The Labute approximate surface area is 196 Å². The largest absolute Gasteiger partial charge is 0.465 e. The van der Waals surface area contributed by atoms with Gasteiger partial charge in [-0.05, 0) is 42.3 Å². The standard InChI is InChI=1S/C23H16ClN3O5S/c1-3-16-25-26-23(33-16)27-18(11-4-6-12(7-5-11)22(30)31-2)17-19(28)14-10-13(24)8-9-15(14)32-20(17)21(27)29/h4-10,18H,3H2,1-2H3. The molecule has 2 aromatic heterocycles. The zero-order valence-corrected chi connectivity index (χ0v) is 19.1. The number of aryl methyl sites for hydroxylation is 1. The van der Waals surface area contributed by atoms with E-state index in [0.717, 1.165) is 5.01 Å². The minimum Gasteiger partial charge on any atom is -0.465 e. The Morgan fingerprint density at radius 3 is 2.61 bits per heavy atom. The number of ether oxygens (including phenoxy) is 1. The van der Waals surface area contributed by atoms with Gasteiger partial charge in [-0.15, -0.1) is 10.2 Å². The number of carbonyl (C=O) groups is 2. The molecule has 0 radical (unpaired) electrons. The molecule has 8 nitrogen and oxygen atoms in total. The van der Waals surface area contributed by atoms with E-state index in [-0.39, 0.29) is 27.7 Å². The van der Waals surface area contributed by atoms with Gasteiger partial charge in [0.2, 0.25) is 10.9 Å². The molecule has 0 fully saturated rings. The molecule has 1 unspecified atom stereocenters. The topological polar surface area (TPSA) is 103 Å². The van der Waals surface area contributed by atoms with Crippen LogP contribution in [0.25, 0.3) is 11.0 Å². The Bertz CT molecular complexity index is 1480. The molecule has 2 aromatic carbocycles. The predicted octanol–water partition coefficient (Wildman–Crippen LogP) is 4.40. The Morgan fingerprint density at radius 1 is 1.18 bits per heavy atom. The van der Waals surface area contributed by atoms with E-state index in [2.05, 4.69) is 10.2 Å². The average molecular weight is 482 g/mol. The van der Waals surface area contributed by atoms with Crippen LogP contribution in [0.1, 0.15) is 50.0 Å². The summed E-state index contributed by atoms with van der Waals surface area (Å²) in [7, 11) is 1.30. The molecule has 0 saturated heterocycles. The van der Waals surface area contributed by atoms with Gasteiger partial charge in [0, 0.05) is 5.02 Å². The number of rotatable bonds is 4. The second kappa shape index (κ2) is 8.09. The molecule has 1 amide bonds. The van der Waals surface area contributed by atoms with E-state index in [9.17, 15) is 14.4 Å². The van der Waals surface area contributed by atoms with Crippen LogP contribution >= 0.6 is 22.9 Å². The molecule has 3 heterocycles. The lowest BCUT2D eigenvalue weighted by molar-refractivity contribution is 0.0600. The van der Waals surface area contributed by atoms with Crippen molar-refractivity contribution in [3.63, 3.8) is 0 Å². The van der Waals surface area contributed by atoms with Crippen LogP contribution in [-0.4, -0.2) is 29.2 Å². The van der Waals surface area contributed by atoms with Crippen molar-refractivity contribution < 1.29 is 18.7 Å². The third-order valence-electron chi connectivity index (χ3n) is 5.44. The molecule has 1 aliphatic heterocycles. The van der Waals surface area contributed by atoms with Crippen LogP contribution in [-0.2, 0) is 11.2 Å². The highest BCUT2D eigenvalue weighted by Gasteiger charge is 2.45. The number of anilines is 1. The first-order valence-corrected chi connectivity index (χ1v) is 11.2. The van der Waals surface area contributed by atoms with Crippen molar-refractivity contribution in [2.24, 2.45) is 0 Å². The zero-order valence-electron chi connectivity index (χ0n) is 17.5. The number of benzene rings is 2. The first-order valence-electron chi connectivity index (χ1n) is 10.0. The van der Waals surface area contributed by atoms with E-state index in [4.69, 9.17) is 20.8 Å². The summed E-state index contributed by atoms with van der Waals surface area (Å²) in [4.78, 5) is 40.3. The Balaban J connectivity index is 1.75. The van der Waals surface area contributed by atoms with Gasteiger partial charge in [-0.2, -0.15) is 0 Å². The Kier molecular flexibility index (Phi) is 5.22. The Hall–Kier alpha value is -3.56. The summed E-state index contributed by atoms with van der Waals surface area (Å²) in [5, 5.41) is 10.1. The highest BCUT2D eigenvalue weighted by molar-refractivity contribution is 7.15. The van der Waals surface area contributed by atoms with Crippen molar-refractivity contribution >= 4 is 50.9 Å². The van der Waals surface area contributed by atoms with Gasteiger partial charge in [-0.1, -0.05) is 42.0 Å². The molecule has 10 heteroatoms.